The van der Waals surface area contributed by atoms with Crippen LogP contribution in [-0.2, 0) is 9.59 Å². The molecule has 0 unspecified atom stereocenters. The second-order valence-electron chi connectivity index (χ2n) is 10.3. The van der Waals surface area contributed by atoms with E-state index < -0.39 is 0 Å². The molecule has 0 amide bonds. The molecule has 0 N–H and O–H groups in total. The molecule has 0 saturated heterocycles. The van der Waals surface area contributed by atoms with Crippen LogP contribution in [0.15, 0.2) is 11.6 Å². The number of fused-ring (bicyclic) bond motifs is 5. The first-order valence-electron chi connectivity index (χ1n) is 9.84. The molecule has 0 spiro atoms. The Morgan fingerprint density at radius 2 is 1.50 bits per heavy atom. The standard InChI is InChI=1S/C22H32O2/c1-19(2)14-8-11-21(4)15-6-7-18(24)22(15,5)12-9-16(21)20(14,3)13-10-17(19)23/h8,15-16H,6-7,9-13H2,1-5H3/t15-,16+,20-,21-,22+/m0/s1. The molecule has 0 radical (unpaired) electrons. The monoisotopic (exact) mass is 328 g/mol. The number of hydrogen-bond donors (Lipinski definition) is 0. The van der Waals surface area contributed by atoms with E-state index >= 15 is 0 Å². The number of Topliss-reactive ketones (excluding diaryl/α,β-unsaturated/α-hetero) is 2. The number of carbonyl (C=O) groups excluding carboxylic acids is 2. The lowest BCUT2D eigenvalue weighted by Crippen LogP contribution is -2.58. The van der Waals surface area contributed by atoms with Crippen LogP contribution in [0.5, 0.6) is 0 Å². The molecule has 3 fully saturated rings. The zero-order valence-electron chi connectivity index (χ0n) is 16.0. The van der Waals surface area contributed by atoms with E-state index in [-0.39, 0.29) is 21.7 Å². The third-order valence-corrected chi connectivity index (χ3v) is 8.98. The first kappa shape index (κ1) is 16.5. The molecule has 0 aromatic carbocycles. The van der Waals surface area contributed by atoms with Crippen LogP contribution in [0.2, 0.25) is 0 Å². The summed E-state index contributed by atoms with van der Waals surface area (Å²) < 4.78 is 0. The summed E-state index contributed by atoms with van der Waals surface area (Å²) in [5.74, 6) is 2.05. The van der Waals surface area contributed by atoms with Gasteiger partial charge in [-0.1, -0.05) is 32.4 Å². The quantitative estimate of drug-likeness (QED) is 0.579. The Hall–Kier alpha value is -0.920. The van der Waals surface area contributed by atoms with E-state index in [0.29, 0.717) is 29.8 Å². The van der Waals surface area contributed by atoms with Crippen LogP contribution < -0.4 is 0 Å². The van der Waals surface area contributed by atoms with Gasteiger partial charge in [0.25, 0.3) is 0 Å². The van der Waals surface area contributed by atoms with Gasteiger partial charge in [0.1, 0.15) is 11.6 Å². The van der Waals surface area contributed by atoms with Gasteiger partial charge in [-0.3, -0.25) is 9.59 Å². The molecular weight excluding hydrogens is 296 g/mol. The molecule has 132 valence electrons. The van der Waals surface area contributed by atoms with Gasteiger partial charge in [-0.2, -0.15) is 0 Å². The van der Waals surface area contributed by atoms with Crippen LogP contribution >= 0.6 is 0 Å². The van der Waals surface area contributed by atoms with Gasteiger partial charge in [0.15, 0.2) is 0 Å². The van der Waals surface area contributed by atoms with Gasteiger partial charge in [0.2, 0.25) is 0 Å². The number of rotatable bonds is 0. The topological polar surface area (TPSA) is 34.1 Å². The summed E-state index contributed by atoms with van der Waals surface area (Å²) in [4.78, 5) is 25.1. The van der Waals surface area contributed by atoms with Gasteiger partial charge < -0.3 is 0 Å². The summed E-state index contributed by atoms with van der Waals surface area (Å²) in [7, 11) is 0. The number of allylic oxidation sites excluding steroid dienone is 2. The van der Waals surface area contributed by atoms with Gasteiger partial charge in [-0.25, -0.2) is 0 Å². The summed E-state index contributed by atoms with van der Waals surface area (Å²) in [5, 5.41) is 0. The van der Waals surface area contributed by atoms with Crippen LogP contribution in [-0.4, -0.2) is 11.6 Å². The van der Waals surface area contributed by atoms with Crippen LogP contribution in [0.1, 0.15) is 79.6 Å². The largest absolute Gasteiger partial charge is 0.299 e. The highest BCUT2D eigenvalue weighted by molar-refractivity contribution is 5.89. The van der Waals surface area contributed by atoms with Crippen molar-refractivity contribution in [2.45, 2.75) is 79.6 Å². The molecule has 0 aromatic rings. The molecule has 4 aliphatic carbocycles. The fourth-order valence-electron chi connectivity index (χ4n) is 7.65. The maximum absolute atomic E-state index is 12.6. The first-order chi connectivity index (χ1) is 11.1. The van der Waals surface area contributed by atoms with Crippen molar-refractivity contribution >= 4 is 11.6 Å². The molecule has 5 atom stereocenters. The third-order valence-electron chi connectivity index (χ3n) is 8.98. The average Bonchev–Trinajstić information content (AvgIpc) is 2.80. The Balaban J connectivity index is 1.82. The molecule has 2 heteroatoms. The second-order valence-corrected chi connectivity index (χ2v) is 10.3. The van der Waals surface area contributed by atoms with E-state index in [1.54, 1.807) is 0 Å². The molecule has 2 nitrogen and oxygen atoms in total. The lowest BCUT2D eigenvalue weighted by Gasteiger charge is -2.63. The Labute approximate surface area is 146 Å². The summed E-state index contributed by atoms with van der Waals surface area (Å²) in [6.45, 7) is 11.4. The lowest BCUT2D eigenvalue weighted by molar-refractivity contribution is -0.144. The molecule has 4 aliphatic rings. The minimum atomic E-state index is -0.305. The minimum absolute atomic E-state index is 0.0903. The Bertz CT molecular complexity index is 657. The highest BCUT2D eigenvalue weighted by Gasteiger charge is 2.65. The molecule has 0 aromatic heterocycles. The smallest absolute Gasteiger partial charge is 0.142 e. The van der Waals surface area contributed by atoms with Crippen LogP contribution in [0, 0.1) is 33.5 Å². The molecular formula is C22H32O2. The SMILES string of the molecule is CC1(C)C(=O)CC[C@@]2(C)C1=CC[C@@]1(C)[C@@H]3CCC(=O)[C@]3(C)CC[C@@H]12. The average molecular weight is 328 g/mol. The maximum atomic E-state index is 12.6. The van der Waals surface area contributed by atoms with Crippen molar-refractivity contribution in [2.75, 3.05) is 0 Å². The van der Waals surface area contributed by atoms with Crippen molar-refractivity contribution in [1.82, 2.24) is 0 Å². The van der Waals surface area contributed by atoms with Crippen molar-refractivity contribution in [2.24, 2.45) is 33.5 Å². The molecule has 3 saturated carbocycles. The Morgan fingerprint density at radius 3 is 2.21 bits per heavy atom. The second kappa shape index (κ2) is 4.62. The number of hydrogen-bond acceptors (Lipinski definition) is 2. The van der Waals surface area contributed by atoms with Gasteiger partial charge in [-0.15, -0.1) is 0 Å². The fourth-order valence-corrected chi connectivity index (χ4v) is 7.65. The van der Waals surface area contributed by atoms with Gasteiger partial charge >= 0.3 is 0 Å². The van der Waals surface area contributed by atoms with Crippen LogP contribution in [0.4, 0.5) is 0 Å². The van der Waals surface area contributed by atoms with E-state index in [4.69, 9.17) is 0 Å². The predicted octanol–water partition coefficient (Wildman–Crippen LogP) is 5.11. The van der Waals surface area contributed by atoms with E-state index in [9.17, 15) is 9.59 Å². The zero-order chi connectivity index (χ0) is 17.5. The van der Waals surface area contributed by atoms with Gasteiger partial charge in [0.05, 0.1) is 0 Å². The predicted molar refractivity (Wildman–Crippen MR) is 95.5 cm³/mol. The molecule has 24 heavy (non-hydrogen) atoms. The van der Waals surface area contributed by atoms with Crippen molar-refractivity contribution in [3.05, 3.63) is 11.6 Å². The molecule has 0 aliphatic heterocycles. The highest BCUT2D eigenvalue weighted by Crippen LogP contribution is 2.70. The summed E-state index contributed by atoms with van der Waals surface area (Å²) in [5.41, 5.74) is 1.36. The van der Waals surface area contributed by atoms with Gasteiger partial charge in [0, 0.05) is 23.7 Å². The molecule has 0 heterocycles. The normalized spacial score (nSPS) is 50.0. The van der Waals surface area contributed by atoms with E-state index in [1.165, 1.54) is 5.57 Å². The van der Waals surface area contributed by atoms with Crippen molar-refractivity contribution in [3.8, 4) is 0 Å². The molecule has 4 rings (SSSR count). The Morgan fingerprint density at radius 1 is 0.833 bits per heavy atom. The third kappa shape index (κ3) is 1.73. The summed E-state index contributed by atoms with van der Waals surface area (Å²) >= 11 is 0. The lowest BCUT2D eigenvalue weighted by atomic mass is 9.40. The van der Waals surface area contributed by atoms with E-state index in [0.717, 1.165) is 38.5 Å². The highest BCUT2D eigenvalue weighted by atomic mass is 16.1. The van der Waals surface area contributed by atoms with Crippen LogP contribution in [0.25, 0.3) is 0 Å². The minimum Gasteiger partial charge on any atom is -0.299 e. The van der Waals surface area contributed by atoms with Crippen molar-refractivity contribution in [3.63, 3.8) is 0 Å². The zero-order valence-corrected chi connectivity index (χ0v) is 16.0. The summed E-state index contributed by atoms with van der Waals surface area (Å²) in [6, 6.07) is 0. The van der Waals surface area contributed by atoms with E-state index in [1.807, 2.05) is 0 Å². The van der Waals surface area contributed by atoms with Crippen molar-refractivity contribution in [1.29, 1.82) is 0 Å². The fraction of sp³-hybridized carbons (Fsp3) is 0.818. The Kier molecular flexibility index (Phi) is 3.19. The summed E-state index contributed by atoms with van der Waals surface area (Å²) in [6.07, 6.45) is 9.23. The van der Waals surface area contributed by atoms with Crippen molar-refractivity contribution < 1.29 is 9.59 Å². The van der Waals surface area contributed by atoms with E-state index in [2.05, 4.69) is 40.7 Å². The first-order valence-corrected chi connectivity index (χ1v) is 9.84. The maximum Gasteiger partial charge on any atom is 0.142 e. The van der Waals surface area contributed by atoms with Crippen LogP contribution in [0.3, 0.4) is 0 Å². The number of ketones is 2. The molecule has 0 bridgehead atoms. The van der Waals surface area contributed by atoms with Gasteiger partial charge in [-0.05, 0) is 68.6 Å². The number of carbonyl (C=O) groups is 2.